The second-order valence-electron chi connectivity index (χ2n) is 3.18. The Balaban J connectivity index is 2.15. The predicted octanol–water partition coefficient (Wildman–Crippen LogP) is 2.04. The van der Waals surface area contributed by atoms with Gasteiger partial charge in [-0.25, -0.2) is 9.97 Å². The Labute approximate surface area is 89.0 Å². The summed E-state index contributed by atoms with van der Waals surface area (Å²) in [6.45, 7) is 2.28. The van der Waals surface area contributed by atoms with Crippen molar-refractivity contribution in [1.82, 2.24) is 9.97 Å². The molecular formula is C10H16N2OS. The first kappa shape index (κ1) is 11.5. The molecule has 0 aliphatic rings. The molecule has 0 amide bonds. The van der Waals surface area contributed by atoms with Crippen LogP contribution < -0.4 is 0 Å². The van der Waals surface area contributed by atoms with Crippen LogP contribution in [0.3, 0.4) is 0 Å². The Morgan fingerprint density at radius 3 is 2.57 bits per heavy atom. The molecule has 1 rings (SSSR count). The lowest BCUT2D eigenvalue weighted by Gasteiger charge is -1.99. The molecule has 0 aliphatic carbocycles. The van der Waals surface area contributed by atoms with Crippen LogP contribution >= 0.6 is 11.8 Å². The summed E-state index contributed by atoms with van der Waals surface area (Å²) in [4.78, 5) is 8.40. The van der Waals surface area contributed by atoms with Crippen LogP contribution in [0, 0.1) is 6.92 Å². The van der Waals surface area contributed by atoms with Gasteiger partial charge in [-0.15, -0.1) is 0 Å². The van der Waals surface area contributed by atoms with Crippen molar-refractivity contribution in [3.8, 4) is 0 Å². The maximum absolute atomic E-state index is 8.58. The number of unbranched alkanes of at least 4 members (excludes halogenated alkanes) is 2. The lowest BCUT2D eigenvalue weighted by molar-refractivity contribution is 0.284. The highest BCUT2D eigenvalue weighted by atomic mass is 32.2. The maximum atomic E-state index is 8.58. The van der Waals surface area contributed by atoms with Crippen molar-refractivity contribution in [2.75, 3.05) is 12.4 Å². The van der Waals surface area contributed by atoms with Crippen LogP contribution in [0.15, 0.2) is 17.6 Å². The topological polar surface area (TPSA) is 46.0 Å². The van der Waals surface area contributed by atoms with E-state index < -0.39 is 0 Å². The van der Waals surface area contributed by atoms with Gasteiger partial charge >= 0.3 is 0 Å². The fourth-order valence-corrected chi connectivity index (χ4v) is 1.79. The first-order chi connectivity index (χ1) is 6.83. The van der Waals surface area contributed by atoms with Crippen LogP contribution in [0.2, 0.25) is 0 Å². The van der Waals surface area contributed by atoms with E-state index >= 15 is 0 Å². The molecule has 0 fully saturated rings. The van der Waals surface area contributed by atoms with Crippen molar-refractivity contribution in [1.29, 1.82) is 0 Å². The predicted molar refractivity (Wildman–Crippen MR) is 58.4 cm³/mol. The fraction of sp³-hybridized carbons (Fsp3) is 0.600. The Hall–Kier alpha value is -0.610. The van der Waals surface area contributed by atoms with Crippen molar-refractivity contribution in [2.24, 2.45) is 0 Å². The SMILES string of the molecule is Cc1cnc(SCCCCCO)nc1. The van der Waals surface area contributed by atoms with Crippen LogP contribution in [0.1, 0.15) is 24.8 Å². The summed E-state index contributed by atoms with van der Waals surface area (Å²) in [7, 11) is 0. The number of rotatable bonds is 6. The van der Waals surface area contributed by atoms with E-state index in [0.29, 0.717) is 6.61 Å². The molecule has 0 atom stereocenters. The Bertz CT molecular complexity index is 251. The largest absolute Gasteiger partial charge is 0.396 e. The van der Waals surface area contributed by atoms with E-state index in [9.17, 15) is 0 Å². The van der Waals surface area contributed by atoms with E-state index in [1.54, 1.807) is 11.8 Å². The zero-order chi connectivity index (χ0) is 10.2. The third-order valence-electron chi connectivity index (χ3n) is 1.79. The van der Waals surface area contributed by atoms with Gasteiger partial charge in [0.15, 0.2) is 5.16 Å². The highest BCUT2D eigenvalue weighted by molar-refractivity contribution is 7.99. The van der Waals surface area contributed by atoms with E-state index in [-0.39, 0.29) is 0 Å². The molecule has 4 heteroatoms. The minimum absolute atomic E-state index is 0.297. The normalized spacial score (nSPS) is 10.4. The maximum Gasteiger partial charge on any atom is 0.187 e. The molecule has 0 unspecified atom stereocenters. The highest BCUT2D eigenvalue weighted by Crippen LogP contribution is 2.14. The number of aliphatic hydroxyl groups is 1. The van der Waals surface area contributed by atoms with Crippen molar-refractivity contribution in [3.05, 3.63) is 18.0 Å². The number of aromatic nitrogens is 2. The lowest BCUT2D eigenvalue weighted by atomic mass is 10.3. The van der Waals surface area contributed by atoms with E-state index in [0.717, 1.165) is 35.7 Å². The van der Waals surface area contributed by atoms with Gasteiger partial charge in [-0.05, 0) is 25.3 Å². The Kier molecular flexibility index (Phi) is 5.56. The minimum atomic E-state index is 0.297. The minimum Gasteiger partial charge on any atom is -0.396 e. The summed E-state index contributed by atoms with van der Waals surface area (Å²) in [5.41, 5.74) is 1.09. The first-order valence-corrected chi connectivity index (χ1v) is 5.84. The van der Waals surface area contributed by atoms with Crippen molar-refractivity contribution in [3.63, 3.8) is 0 Å². The van der Waals surface area contributed by atoms with Crippen molar-refractivity contribution >= 4 is 11.8 Å². The third-order valence-corrected chi connectivity index (χ3v) is 2.75. The van der Waals surface area contributed by atoms with Crippen LogP contribution in [-0.4, -0.2) is 27.4 Å². The molecule has 3 nitrogen and oxygen atoms in total. The van der Waals surface area contributed by atoms with Crippen LogP contribution in [0.4, 0.5) is 0 Å². The summed E-state index contributed by atoms with van der Waals surface area (Å²) in [6.07, 6.45) is 6.76. The van der Waals surface area contributed by atoms with Gasteiger partial charge in [0.2, 0.25) is 0 Å². The van der Waals surface area contributed by atoms with Crippen LogP contribution in [0.5, 0.6) is 0 Å². The average molecular weight is 212 g/mol. The number of hydrogen-bond donors (Lipinski definition) is 1. The van der Waals surface area contributed by atoms with Gasteiger partial charge in [-0.2, -0.15) is 0 Å². The van der Waals surface area contributed by atoms with Gasteiger partial charge in [0, 0.05) is 24.8 Å². The quantitative estimate of drug-likeness (QED) is 0.445. The molecular weight excluding hydrogens is 196 g/mol. The third kappa shape index (κ3) is 4.58. The molecule has 0 radical (unpaired) electrons. The summed E-state index contributed by atoms with van der Waals surface area (Å²) in [5, 5.41) is 9.43. The van der Waals surface area contributed by atoms with Gasteiger partial charge in [0.25, 0.3) is 0 Å². The molecule has 1 aromatic heterocycles. The zero-order valence-electron chi connectivity index (χ0n) is 8.44. The second-order valence-corrected chi connectivity index (χ2v) is 4.24. The van der Waals surface area contributed by atoms with E-state index in [2.05, 4.69) is 9.97 Å². The average Bonchev–Trinajstić information content (AvgIpc) is 2.21. The second kappa shape index (κ2) is 6.79. The molecule has 0 spiro atoms. The molecule has 14 heavy (non-hydrogen) atoms. The monoisotopic (exact) mass is 212 g/mol. The number of thioether (sulfide) groups is 1. The van der Waals surface area contributed by atoms with E-state index in [1.807, 2.05) is 19.3 Å². The Morgan fingerprint density at radius 1 is 1.21 bits per heavy atom. The summed E-state index contributed by atoms with van der Waals surface area (Å²) < 4.78 is 0. The molecule has 1 heterocycles. The van der Waals surface area contributed by atoms with Gasteiger partial charge in [-0.1, -0.05) is 18.2 Å². The van der Waals surface area contributed by atoms with Crippen LogP contribution in [-0.2, 0) is 0 Å². The molecule has 0 aromatic carbocycles. The molecule has 0 saturated heterocycles. The van der Waals surface area contributed by atoms with Gasteiger partial charge < -0.3 is 5.11 Å². The lowest BCUT2D eigenvalue weighted by Crippen LogP contribution is -1.89. The molecule has 0 aliphatic heterocycles. The summed E-state index contributed by atoms with van der Waals surface area (Å²) in [6, 6.07) is 0. The number of aliphatic hydroxyl groups excluding tert-OH is 1. The van der Waals surface area contributed by atoms with Crippen LogP contribution in [0.25, 0.3) is 0 Å². The summed E-state index contributed by atoms with van der Waals surface area (Å²) >= 11 is 1.68. The molecule has 0 saturated carbocycles. The zero-order valence-corrected chi connectivity index (χ0v) is 9.26. The van der Waals surface area contributed by atoms with Gasteiger partial charge in [0.05, 0.1) is 0 Å². The van der Waals surface area contributed by atoms with Gasteiger partial charge in [-0.3, -0.25) is 0 Å². The molecule has 1 aromatic rings. The smallest absolute Gasteiger partial charge is 0.187 e. The first-order valence-electron chi connectivity index (χ1n) is 4.85. The fourth-order valence-electron chi connectivity index (χ4n) is 1.01. The van der Waals surface area contributed by atoms with Crippen molar-refractivity contribution in [2.45, 2.75) is 31.3 Å². The molecule has 1 N–H and O–H groups in total. The van der Waals surface area contributed by atoms with Crippen molar-refractivity contribution < 1.29 is 5.11 Å². The number of aryl methyl sites for hydroxylation is 1. The van der Waals surface area contributed by atoms with E-state index in [1.165, 1.54) is 0 Å². The number of hydrogen-bond acceptors (Lipinski definition) is 4. The molecule has 0 bridgehead atoms. The summed E-state index contributed by atoms with van der Waals surface area (Å²) in [5.74, 6) is 1.03. The van der Waals surface area contributed by atoms with E-state index in [4.69, 9.17) is 5.11 Å². The standard InChI is InChI=1S/C10H16N2OS/c1-9-7-11-10(12-8-9)14-6-4-2-3-5-13/h7-8,13H,2-6H2,1H3. The van der Waals surface area contributed by atoms with Gasteiger partial charge in [0.1, 0.15) is 0 Å². The highest BCUT2D eigenvalue weighted by Gasteiger charge is 1.96. The molecule has 78 valence electrons. The Morgan fingerprint density at radius 2 is 1.93 bits per heavy atom. The number of nitrogens with zero attached hydrogens (tertiary/aromatic N) is 2.